The molecule has 1 unspecified atom stereocenters. The minimum atomic E-state index is -0.0620. The Kier molecular flexibility index (Phi) is 4.78. The molecule has 1 nitrogen and oxygen atoms in total. The third kappa shape index (κ3) is 3.68. The predicted octanol–water partition coefficient (Wildman–Crippen LogP) is 4.76. The fourth-order valence-corrected chi connectivity index (χ4v) is 2.99. The molecule has 2 rings (SSSR count). The van der Waals surface area contributed by atoms with E-state index in [9.17, 15) is 0 Å². The summed E-state index contributed by atoms with van der Waals surface area (Å²) in [6.45, 7) is 4.29. The topological polar surface area (TPSA) is 26.0 Å². The van der Waals surface area contributed by atoms with Crippen LogP contribution in [0.3, 0.4) is 0 Å². The number of rotatable bonds is 4. The molecule has 0 spiro atoms. The van der Waals surface area contributed by atoms with Crippen molar-refractivity contribution in [2.75, 3.05) is 0 Å². The summed E-state index contributed by atoms with van der Waals surface area (Å²) in [5, 5.41) is 0. The summed E-state index contributed by atoms with van der Waals surface area (Å²) in [5.41, 5.74) is 11.3. The lowest BCUT2D eigenvalue weighted by Gasteiger charge is -2.15. The lowest BCUT2D eigenvalue weighted by Crippen LogP contribution is -2.12. The Labute approximate surface area is 124 Å². The average molecular weight is 318 g/mol. The number of nitrogens with two attached hydrogens (primary N) is 1. The maximum atomic E-state index is 6.40. The number of halogens is 1. The highest BCUT2D eigenvalue weighted by atomic mass is 79.9. The van der Waals surface area contributed by atoms with Gasteiger partial charge in [0.2, 0.25) is 0 Å². The van der Waals surface area contributed by atoms with Crippen molar-refractivity contribution in [2.24, 2.45) is 5.73 Å². The second-order valence-electron chi connectivity index (χ2n) is 5.03. The van der Waals surface area contributed by atoms with Gasteiger partial charge in [-0.2, -0.15) is 0 Å². The third-order valence-corrected chi connectivity index (χ3v) is 3.73. The normalized spacial score (nSPS) is 12.4. The first kappa shape index (κ1) is 14.3. The largest absolute Gasteiger partial charge is 0.320 e. The van der Waals surface area contributed by atoms with Gasteiger partial charge in [0, 0.05) is 4.47 Å². The molecule has 0 bridgehead atoms. The molecule has 0 amide bonds. The van der Waals surface area contributed by atoms with Crippen molar-refractivity contribution in [2.45, 2.75) is 32.7 Å². The molecule has 2 heteroatoms. The van der Waals surface area contributed by atoms with E-state index >= 15 is 0 Å². The van der Waals surface area contributed by atoms with E-state index in [1.54, 1.807) is 0 Å². The highest BCUT2D eigenvalue weighted by molar-refractivity contribution is 9.10. The van der Waals surface area contributed by atoms with Crippen LogP contribution in [-0.2, 0) is 6.42 Å². The van der Waals surface area contributed by atoms with Crippen LogP contribution in [-0.4, -0.2) is 0 Å². The van der Waals surface area contributed by atoms with E-state index in [2.05, 4.69) is 72.2 Å². The molecular formula is C17H20BrN. The molecule has 2 aromatic rings. The number of benzene rings is 2. The molecule has 0 heterocycles. The SMILES string of the molecule is CCCc1cccc(C(N)c2cc(C)cc(Br)c2)c1. The number of aryl methyl sites for hydroxylation is 2. The fraction of sp³-hybridized carbons (Fsp3) is 0.294. The molecular weight excluding hydrogens is 298 g/mol. The van der Waals surface area contributed by atoms with Gasteiger partial charge in [0.15, 0.2) is 0 Å². The summed E-state index contributed by atoms with van der Waals surface area (Å²) in [7, 11) is 0. The van der Waals surface area contributed by atoms with Crippen LogP contribution in [0.5, 0.6) is 0 Å². The van der Waals surface area contributed by atoms with Crippen molar-refractivity contribution in [3.63, 3.8) is 0 Å². The lowest BCUT2D eigenvalue weighted by molar-refractivity contribution is 0.856. The van der Waals surface area contributed by atoms with Gasteiger partial charge in [0.1, 0.15) is 0 Å². The number of hydrogen-bond donors (Lipinski definition) is 1. The first-order valence-electron chi connectivity index (χ1n) is 6.71. The molecule has 2 N–H and O–H groups in total. The van der Waals surface area contributed by atoms with Crippen LogP contribution in [0.4, 0.5) is 0 Å². The lowest BCUT2D eigenvalue weighted by atomic mass is 9.96. The van der Waals surface area contributed by atoms with Gasteiger partial charge >= 0.3 is 0 Å². The van der Waals surface area contributed by atoms with E-state index in [0.29, 0.717) is 0 Å². The second kappa shape index (κ2) is 6.36. The van der Waals surface area contributed by atoms with Crippen LogP contribution in [0.1, 0.15) is 41.6 Å². The molecule has 100 valence electrons. The van der Waals surface area contributed by atoms with Crippen molar-refractivity contribution >= 4 is 15.9 Å². The van der Waals surface area contributed by atoms with E-state index < -0.39 is 0 Å². The molecule has 0 radical (unpaired) electrons. The van der Waals surface area contributed by atoms with Crippen molar-refractivity contribution in [3.05, 3.63) is 69.2 Å². The molecule has 2 aromatic carbocycles. The van der Waals surface area contributed by atoms with Crippen molar-refractivity contribution in [3.8, 4) is 0 Å². The van der Waals surface area contributed by atoms with Crippen LogP contribution in [0.2, 0.25) is 0 Å². The van der Waals surface area contributed by atoms with Crippen LogP contribution in [0.15, 0.2) is 46.9 Å². The Morgan fingerprint density at radius 2 is 1.89 bits per heavy atom. The first-order chi connectivity index (χ1) is 9.10. The zero-order chi connectivity index (χ0) is 13.8. The zero-order valence-electron chi connectivity index (χ0n) is 11.5. The second-order valence-corrected chi connectivity index (χ2v) is 5.95. The van der Waals surface area contributed by atoms with Gasteiger partial charge in [-0.1, -0.05) is 59.6 Å². The third-order valence-electron chi connectivity index (χ3n) is 3.27. The Bertz CT molecular complexity index is 543. The Morgan fingerprint density at radius 1 is 1.11 bits per heavy atom. The summed E-state index contributed by atoms with van der Waals surface area (Å²) < 4.78 is 1.09. The minimum Gasteiger partial charge on any atom is -0.320 e. The molecule has 19 heavy (non-hydrogen) atoms. The van der Waals surface area contributed by atoms with Crippen LogP contribution < -0.4 is 5.73 Å². The maximum Gasteiger partial charge on any atom is 0.0552 e. The van der Waals surface area contributed by atoms with Crippen LogP contribution in [0, 0.1) is 6.92 Å². The van der Waals surface area contributed by atoms with E-state index in [1.165, 1.54) is 16.7 Å². The molecule has 0 saturated heterocycles. The fourth-order valence-electron chi connectivity index (χ4n) is 2.37. The summed E-state index contributed by atoms with van der Waals surface area (Å²) in [6.07, 6.45) is 2.27. The summed E-state index contributed by atoms with van der Waals surface area (Å²) in [6, 6.07) is 14.9. The number of hydrogen-bond acceptors (Lipinski definition) is 1. The Morgan fingerprint density at radius 3 is 2.58 bits per heavy atom. The molecule has 1 atom stereocenters. The van der Waals surface area contributed by atoms with Gasteiger partial charge < -0.3 is 5.73 Å². The summed E-state index contributed by atoms with van der Waals surface area (Å²) in [5.74, 6) is 0. The van der Waals surface area contributed by atoms with Gasteiger partial charge in [0.25, 0.3) is 0 Å². The monoisotopic (exact) mass is 317 g/mol. The average Bonchev–Trinajstić information content (AvgIpc) is 2.37. The molecule has 0 aliphatic carbocycles. The minimum absolute atomic E-state index is 0.0620. The van der Waals surface area contributed by atoms with E-state index in [4.69, 9.17) is 5.73 Å². The van der Waals surface area contributed by atoms with Gasteiger partial charge in [-0.15, -0.1) is 0 Å². The molecule has 0 saturated carbocycles. The maximum absolute atomic E-state index is 6.40. The zero-order valence-corrected chi connectivity index (χ0v) is 13.1. The van der Waals surface area contributed by atoms with Gasteiger partial charge in [0.05, 0.1) is 6.04 Å². The first-order valence-corrected chi connectivity index (χ1v) is 7.51. The highest BCUT2D eigenvalue weighted by Crippen LogP contribution is 2.25. The van der Waals surface area contributed by atoms with Crippen LogP contribution >= 0.6 is 15.9 Å². The van der Waals surface area contributed by atoms with Gasteiger partial charge in [-0.05, 0) is 47.7 Å². The molecule has 0 aliphatic heterocycles. The van der Waals surface area contributed by atoms with E-state index in [1.807, 2.05) is 0 Å². The Hall–Kier alpha value is -1.12. The molecule has 0 aliphatic rings. The summed E-state index contributed by atoms with van der Waals surface area (Å²) >= 11 is 3.54. The summed E-state index contributed by atoms with van der Waals surface area (Å²) in [4.78, 5) is 0. The van der Waals surface area contributed by atoms with E-state index in [-0.39, 0.29) is 6.04 Å². The quantitative estimate of drug-likeness (QED) is 0.864. The van der Waals surface area contributed by atoms with Gasteiger partial charge in [-0.3, -0.25) is 0 Å². The smallest absolute Gasteiger partial charge is 0.0552 e. The highest BCUT2D eigenvalue weighted by Gasteiger charge is 2.10. The van der Waals surface area contributed by atoms with E-state index in [0.717, 1.165) is 22.9 Å². The van der Waals surface area contributed by atoms with Gasteiger partial charge in [-0.25, -0.2) is 0 Å². The predicted molar refractivity (Wildman–Crippen MR) is 85.3 cm³/mol. The van der Waals surface area contributed by atoms with Crippen molar-refractivity contribution < 1.29 is 0 Å². The van der Waals surface area contributed by atoms with Crippen molar-refractivity contribution in [1.29, 1.82) is 0 Å². The standard InChI is InChI=1S/C17H20BrN/c1-3-5-13-6-4-7-14(10-13)17(19)15-8-12(2)9-16(18)11-15/h4,6-11,17H,3,5,19H2,1-2H3. The molecule has 0 aromatic heterocycles. The molecule has 0 fully saturated rings. The van der Waals surface area contributed by atoms with Crippen LogP contribution in [0.25, 0.3) is 0 Å². The van der Waals surface area contributed by atoms with Crippen molar-refractivity contribution in [1.82, 2.24) is 0 Å². The Balaban J connectivity index is 2.32.